The third-order valence-corrected chi connectivity index (χ3v) is 10.2. The minimum Gasteiger partial charge on any atom is -0.385 e. The quantitative estimate of drug-likeness (QED) is 0.364. The molecular weight excluding hydrogens is 584 g/mol. The van der Waals surface area contributed by atoms with E-state index >= 15 is 0 Å². The molecule has 3 aliphatic heterocycles. The number of piperazine rings is 1. The topological polar surface area (TPSA) is 133 Å². The van der Waals surface area contributed by atoms with Gasteiger partial charge in [0, 0.05) is 74.4 Å². The fourth-order valence-corrected chi connectivity index (χ4v) is 7.20. The van der Waals surface area contributed by atoms with Gasteiger partial charge in [-0.3, -0.25) is 39.1 Å². The van der Waals surface area contributed by atoms with Gasteiger partial charge in [-0.05, 0) is 75.4 Å². The number of imide groups is 2. The Kier molecular flexibility index (Phi) is 7.12. The maximum absolute atomic E-state index is 13.2. The van der Waals surface area contributed by atoms with Crippen LogP contribution < -0.4 is 15.5 Å². The molecule has 0 radical (unpaired) electrons. The molecule has 12 nitrogen and oxygen atoms in total. The van der Waals surface area contributed by atoms with Gasteiger partial charge in [0.1, 0.15) is 6.04 Å². The van der Waals surface area contributed by atoms with Gasteiger partial charge in [-0.25, -0.2) is 0 Å². The van der Waals surface area contributed by atoms with Gasteiger partial charge in [0.25, 0.3) is 11.8 Å². The highest BCUT2D eigenvalue weighted by Crippen LogP contribution is 2.46. The maximum Gasteiger partial charge on any atom is 0.262 e. The SMILES string of the molecule is CN1CCN(c2ccnc(-c3cn(C4CC(CNc5ccc6c(c5)C(=O)N(C5CCC(=O)NC5=O)C6=O)C4)nc3C3CC3)c2)CC1. The zero-order valence-corrected chi connectivity index (χ0v) is 25.9. The minimum atomic E-state index is -0.965. The second kappa shape index (κ2) is 11.3. The van der Waals surface area contributed by atoms with E-state index in [9.17, 15) is 19.2 Å². The van der Waals surface area contributed by atoms with E-state index in [1.165, 1.54) is 24.2 Å². The second-order valence-electron chi connectivity index (χ2n) is 13.5. The van der Waals surface area contributed by atoms with Crippen molar-refractivity contribution in [1.82, 2.24) is 29.9 Å². The molecule has 1 atom stereocenters. The zero-order chi connectivity index (χ0) is 31.5. The molecule has 5 aliphatic rings. The Morgan fingerprint density at radius 3 is 2.46 bits per heavy atom. The van der Waals surface area contributed by atoms with Crippen molar-refractivity contribution in [3.63, 3.8) is 0 Å². The summed E-state index contributed by atoms with van der Waals surface area (Å²) >= 11 is 0. The van der Waals surface area contributed by atoms with E-state index in [-0.39, 0.29) is 29.9 Å². The number of fused-ring (bicyclic) bond motifs is 1. The van der Waals surface area contributed by atoms with E-state index in [1.54, 1.807) is 18.2 Å². The first-order chi connectivity index (χ1) is 22.3. The lowest BCUT2D eigenvalue weighted by Crippen LogP contribution is -2.54. The lowest BCUT2D eigenvalue weighted by molar-refractivity contribution is -0.136. The van der Waals surface area contributed by atoms with Crippen LogP contribution in [0.3, 0.4) is 0 Å². The molecule has 1 unspecified atom stereocenters. The zero-order valence-electron chi connectivity index (χ0n) is 25.9. The van der Waals surface area contributed by atoms with Crippen molar-refractivity contribution in [3.8, 4) is 11.3 Å². The molecule has 238 valence electrons. The first kappa shape index (κ1) is 28.9. The number of carbonyl (C=O) groups is 4. The van der Waals surface area contributed by atoms with Crippen molar-refractivity contribution in [1.29, 1.82) is 0 Å². The van der Waals surface area contributed by atoms with Crippen molar-refractivity contribution >= 4 is 35.0 Å². The molecule has 4 fully saturated rings. The summed E-state index contributed by atoms with van der Waals surface area (Å²) in [5.74, 6) is -1.01. The van der Waals surface area contributed by atoms with Crippen LogP contribution in [0, 0.1) is 5.92 Å². The van der Waals surface area contributed by atoms with Crippen molar-refractivity contribution in [3.05, 3.63) is 59.5 Å². The highest BCUT2D eigenvalue weighted by atomic mass is 16.2. The number of rotatable bonds is 8. The van der Waals surface area contributed by atoms with Crippen LogP contribution in [0.1, 0.15) is 76.9 Å². The Balaban J connectivity index is 0.906. The van der Waals surface area contributed by atoms with E-state index in [0.29, 0.717) is 17.9 Å². The summed E-state index contributed by atoms with van der Waals surface area (Å²) in [4.78, 5) is 60.7. The number of benzene rings is 1. The van der Waals surface area contributed by atoms with Gasteiger partial charge in [0.15, 0.2) is 0 Å². The lowest BCUT2D eigenvalue weighted by Gasteiger charge is -2.35. The minimum absolute atomic E-state index is 0.0989. The van der Waals surface area contributed by atoms with E-state index in [2.05, 4.69) is 50.5 Å². The first-order valence-electron chi connectivity index (χ1n) is 16.4. The van der Waals surface area contributed by atoms with Crippen LogP contribution in [0.2, 0.25) is 0 Å². The molecule has 1 aromatic carbocycles. The summed E-state index contributed by atoms with van der Waals surface area (Å²) in [5, 5.41) is 10.8. The van der Waals surface area contributed by atoms with E-state index < -0.39 is 23.8 Å². The Hall–Kier alpha value is -4.58. The molecule has 0 bridgehead atoms. The third-order valence-electron chi connectivity index (χ3n) is 10.2. The number of nitrogens with one attached hydrogen (secondary N) is 2. The Morgan fingerprint density at radius 2 is 1.70 bits per heavy atom. The van der Waals surface area contributed by atoms with Gasteiger partial charge in [-0.15, -0.1) is 0 Å². The van der Waals surface area contributed by atoms with E-state index in [4.69, 9.17) is 10.1 Å². The van der Waals surface area contributed by atoms with Gasteiger partial charge >= 0.3 is 0 Å². The number of pyridine rings is 1. The molecule has 2 saturated carbocycles. The van der Waals surface area contributed by atoms with E-state index in [0.717, 1.165) is 67.4 Å². The number of nitrogens with zero attached hydrogens (tertiary/aromatic N) is 6. The lowest BCUT2D eigenvalue weighted by atomic mass is 9.80. The maximum atomic E-state index is 13.2. The number of aromatic nitrogens is 3. The molecular formula is C34H38N8O4. The first-order valence-corrected chi connectivity index (χ1v) is 16.4. The largest absolute Gasteiger partial charge is 0.385 e. The summed E-state index contributed by atoms with van der Waals surface area (Å²) < 4.78 is 2.16. The highest BCUT2D eigenvalue weighted by Gasteiger charge is 2.44. The molecule has 2 aliphatic carbocycles. The van der Waals surface area contributed by atoms with Crippen molar-refractivity contribution < 1.29 is 19.2 Å². The van der Waals surface area contributed by atoms with Crippen LogP contribution >= 0.6 is 0 Å². The summed E-state index contributed by atoms with van der Waals surface area (Å²) in [6, 6.07) is 8.86. The number of likely N-dealkylation sites (N-methyl/N-ethyl adjacent to an activating group) is 1. The summed E-state index contributed by atoms with van der Waals surface area (Å²) in [6.45, 7) is 4.91. The molecule has 5 heterocycles. The fourth-order valence-electron chi connectivity index (χ4n) is 7.20. The van der Waals surface area contributed by atoms with Crippen LogP contribution in [0.5, 0.6) is 0 Å². The molecule has 2 aromatic heterocycles. The van der Waals surface area contributed by atoms with E-state index in [1.807, 2.05) is 6.20 Å². The summed E-state index contributed by atoms with van der Waals surface area (Å²) in [6.07, 6.45) is 8.73. The average molecular weight is 623 g/mol. The normalized spacial score (nSPS) is 25.0. The van der Waals surface area contributed by atoms with Crippen LogP contribution in [0.25, 0.3) is 11.3 Å². The Morgan fingerprint density at radius 1 is 0.913 bits per heavy atom. The van der Waals surface area contributed by atoms with Gasteiger partial charge in [0.05, 0.1) is 28.6 Å². The molecule has 2 N–H and O–H groups in total. The van der Waals surface area contributed by atoms with Crippen LogP contribution in [-0.4, -0.2) is 94.0 Å². The van der Waals surface area contributed by atoms with Crippen LogP contribution in [0.4, 0.5) is 11.4 Å². The van der Waals surface area contributed by atoms with Gasteiger partial charge in [-0.2, -0.15) is 5.10 Å². The number of piperidine rings is 1. The van der Waals surface area contributed by atoms with Crippen molar-refractivity contribution in [2.24, 2.45) is 5.92 Å². The summed E-state index contributed by atoms with van der Waals surface area (Å²) in [5.41, 5.74) is 5.89. The standard InChI is InChI=1S/C34H38N8O4/c1-39-10-12-40(13-11-39)23-8-9-35-28(17-23)27-19-41(38-31(27)21-2-3-21)24-14-20(15-24)18-36-22-4-5-25-26(16-22)34(46)42(33(25)45)29-6-7-30(43)37-32(29)44/h4-5,8-9,16-17,19-21,24,29,36H,2-3,6-7,10-15,18H2,1H3,(H,37,43,44). The van der Waals surface area contributed by atoms with Gasteiger partial charge in [0.2, 0.25) is 11.8 Å². The number of hydrogen-bond acceptors (Lipinski definition) is 9. The number of hydrogen-bond donors (Lipinski definition) is 2. The number of amides is 4. The van der Waals surface area contributed by atoms with Crippen molar-refractivity contribution in [2.45, 2.75) is 56.5 Å². The van der Waals surface area contributed by atoms with Gasteiger partial charge in [-0.1, -0.05) is 0 Å². The molecule has 3 aromatic rings. The van der Waals surface area contributed by atoms with Crippen LogP contribution in [0.15, 0.2) is 42.7 Å². The predicted molar refractivity (Wildman–Crippen MR) is 171 cm³/mol. The average Bonchev–Trinajstić information content (AvgIpc) is 3.74. The monoisotopic (exact) mass is 622 g/mol. The Bertz CT molecular complexity index is 1730. The molecule has 2 saturated heterocycles. The molecule has 8 rings (SSSR count). The van der Waals surface area contributed by atoms with Gasteiger partial charge < -0.3 is 15.1 Å². The van der Waals surface area contributed by atoms with Crippen LogP contribution in [-0.2, 0) is 9.59 Å². The number of anilines is 2. The second-order valence-corrected chi connectivity index (χ2v) is 13.5. The predicted octanol–water partition coefficient (Wildman–Crippen LogP) is 3.04. The fraction of sp³-hybridized carbons (Fsp3) is 0.471. The highest BCUT2D eigenvalue weighted by molar-refractivity contribution is 6.23. The molecule has 46 heavy (non-hydrogen) atoms. The number of carbonyl (C=O) groups excluding carboxylic acids is 4. The molecule has 4 amide bonds. The smallest absolute Gasteiger partial charge is 0.262 e. The Labute approximate surface area is 267 Å². The third kappa shape index (κ3) is 5.24. The van der Waals surface area contributed by atoms with Crippen molar-refractivity contribution in [2.75, 3.05) is 50.0 Å². The summed E-state index contributed by atoms with van der Waals surface area (Å²) in [7, 11) is 2.17. The molecule has 12 heteroatoms. The molecule has 0 spiro atoms.